The Balaban J connectivity index is 1.59. The highest BCUT2D eigenvalue weighted by atomic mass is 16.6. The van der Waals surface area contributed by atoms with Gasteiger partial charge >= 0.3 is 11.9 Å². The van der Waals surface area contributed by atoms with Gasteiger partial charge < -0.3 is 14.2 Å². The van der Waals surface area contributed by atoms with E-state index in [4.69, 9.17) is 14.2 Å². The molecule has 5 nitrogen and oxygen atoms in total. The zero-order valence-corrected chi connectivity index (χ0v) is 17.0. The summed E-state index contributed by atoms with van der Waals surface area (Å²) in [5.74, 6) is -0.171. The summed E-state index contributed by atoms with van der Waals surface area (Å²) >= 11 is 0. The van der Waals surface area contributed by atoms with Crippen molar-refractivity contribution in [3.63, 3.8) is 0 Å². The molecule has 5 heteroatoms. The third kappa shape index (κ3) is 5.70. The Kier molecular flexibility index (Phi) is 7.22. The lowest BCUT2D eigenvalue weighted by Crippen LogP contribution is -2.28. The summed E-state index contributed by atoms with van der Waals surface area (Å²) in [6.07, 6.45) is -0.0787. The number of carbonyl (C=O) groups is 2. The topological polar surface area (TPSA) is 61.8 Å². The van der Waals surface area contributed by atoms with Crippen LogP contribution in [0.2, 0.25) is 0 Å². The van der Waals surface area contributed by atoms with Crippen LogP contribution in [0.4, 0.5) is 0 Å². The van der Waals surface area contributed by atoms with Crippen LogP contribution in [0.5, 0.6) is 11.5 Å². The van der Waals surface area contributed by atoms with Crippen LogP contribution in [0.3, 0.4) is 0 Å². The average Bonchev–Trinajstić information content (AvgIpc) is 2.78. The van der Waals surface area contributed by atoms with Crippen molar-refractivity contribution in [2.24, 2.45) is 0 Å². The van der Waals surface area contributed by atoms with E-state index < -0.39 is 18.0 Å². The fraction of sp³-hybridized carbons (Fsp3) is 0.200. The Bertz CT molecular complexity index is 980. The maximum atomic E-state index is 12.4. The number of hydrogen-bond acceptors (Lipinski definition) is 5. The predicted molar refractivity (Wildman–Crippen MR) is 115 cm³/mol. The molecule has 154 valence electrons. The van der Waals surface area contributed by atoms with Crippen molar-refractivity contribution in [2.75, 3.05) is 6.61 Å². The summed E-state index contributed by atoms with van der Waals surface area (Å²) in [5, 5.41) is 0. The van der Waals surface area contributed by atoms with Gasteiger partial charge in [0.25, 0.3) is 0 Å². The van der Waals surface area contributed by atoms with E-state index in [0.29, 0.717) is 17.9 Å². The van der Waals surface area contributed by atoms with Crippen molar-refractivity contribution in [3.8, 4) is 22.6 Å². The normalized spacial score (nSPS) is 11.4. The molecule has 3 aromatic carbocycles. The summed E-state index contributed by atoms with van der Waals surface area (Å²) < 4.78 is 16.2. The molecule has 0 saturated carbocycles. The lowest BCUT2D eigenvalue weighted by atomic mass is 10.1. The van der Waals surface area contributed by atoms with Gasteiger partial charge in [0.1, 0.15) is 11.5 Å². The van der Waals surface area contributed by atoms with E-state index in [9.17, 15) is 9.59 Å². The van der Waals surface area contributed by atoms with E-state index >= 15 is 0 Å². The molecule has 1 atom stereocenters. The monoisotopic (exact) mass is 404 g/mol. The maximum absolute atomic E-state index is 12.4. The standard InChI is InChI=1S/C25H24O5/c1-3-16-28-25(27)21-10-7-11-23(17-21)30-24(26)18(2)29-22-14-12-20(13-15-22)19-8-5-4-6-9-19/h4-15,17-18H,3,16H2,1-2H3. The van der Waals surface area contributed by atoms with Crippen molar-refractivity contribution in [1.82, 2.24) is 0 Å². The minimum Gasteiger partial charge on any atom is -0.479 e. The summed E-state index contributed by atoms with van der Waals surface area (Å²) in [5.41, 5.74) is 2.50. The molecule has 0 radical (unpaired) electrons. The molecule has 0 spiro atoms. The lowest BCUT2D eigenvalue weighted by Gasteiger charge is -2.14. The van der Waals surface area contributed by atoms with E-state index in [1.807, 2.05) is 61.5 Å². The predicted octanol–water partition coefficient (Wildman–Crippen LogP) is 5.29. The first-order valence-corrected chi connectivity index (χ1v) is 9.88. The molecule has 0 amide bonds. The fourth-order valence-corrected chi connectivity index (χ4v) is 2.77. The van der Waals surface area contributed by atoms with Crippen LogP contribution in [-0.4, -0.2) is 24.6 Å². The Morgan fingerprint density at radius 2 is 1.53 bits per heavy atom. The molecule has 0 aliphatic rings. The SMILES string of the molecule is CCCOC(=O)c1cccc(OC(=O)C(C)Oc2ccc(-c3ccccc3)cc2)c1. The van der Waals surface area contributed by atoms with E-state index in [1.54, 1.807) is 25.1 Å². The van der Waals surface area contributed by atoms with Crippen LogP contribution in [0.25, 0.3) is 11.1 Å². The molecule has 0 heterocycles. The Morgan fingerprint density at radius 3 is 2.23 bits per heavy atom. The molecule has 1 unspecified atom stereocenters. The highest BCUT2D eigenvalue weighted by Gasteiger charge is 2.18. The van der Waals surface area contributed by atoms with E-state index in [1.165, 1.54) is 6.07 Å². The molecule has 0 aliphatic carbocycles. The first kappa shape index (κ1) is 21.1. The van der Waals surface area contributed by atoms with Gasteiger partial charge in [-0.2, -0.15) is 0 Å². The van der Waals surface area contributed by atoms with Crippen LogP contribution >= 0.6 is 0 Å². The van der Waals surface area contributed by atoms with Crippen LogP contribution in [0.15, 0.2) is 78.9 Å². The minimum atomic E-state index is -0.816. The zero-order valence-electron chi connectivity index (χ0n) is 17.0. The number of rotatable bonds is 8. The summed E-state index contributed by atoms with van der Waals surface area (Å²) in [4.78, 5) is 24.4. The van der Waals surface area contributed by atoms with E-state index in [-0.39, 0.29) is 5.75 Å². The number of hydrogen-bond donors (Lipinski definition) is 0. The van der Waals surface area contributed by atoms with Crippen molar-refractivity contribution in [3.05, 3.63) is 84.4 Å². The van der Waals surface area contributed by atoms with E-state index in [2.05, 4.69) is 0 Å². The van der Waals surface area contributed by atoms with E-state index in [0.717, 1.165) is 17.5 Å². The van der Waals surface area contributed by atoms with Gasteiger partial charge in [0.15, 0.2) is 6.10 Å². The Labute approximate surface area is 176 Å². The van der Waals surface area contributed by atoms with Crippen LogP contribution in [0.1, 0.15) is 30.6 Å². The average molecular weight is 404 g/mol. The summed E-state index contributed by atoms with van der Waals surface area (Å²) in [6, 6.07) is 23.8. The number of ether oxygens (including phenoxy) is 3. The van der Waals surface area contributed by atoms with Gasteiger partial charge in [-0.05, 0) is 54.8 Å². The number of carbonyl (C=O) groups excluding carboxylic acids is 2. The molecular weight excluding hydrogens is 380 g/mol. The highest BCUT2D eigenvalue weighted by Crippen LogP contribution is 2.23. The van der Waals surface area contributed by atoms with Gasteiger partial charge in [-0.15, -0.1) is 0 Å². The second-order valence-electron chi connectivity index (χ2n) is 6.74. The molecule has 3 rings (SSSR count). The quantitative estimate of drug-likeness (QED) is 0.377. The zero-order chi connectivity index (χ0) is 21.3. The van der Waals surface area contributed by atoms with Gasteiger partial charge in [0, 0.05) is 0 Å². The van der Waals surface area contributed by atoms with Gasteiger partial charge in [0.2, 0.25) is 0 Å². The molecule has 3 aromatic rings. The Morgan fingerprint density at radius 1 is 0.833 bits per heavy atom. The van der Waals surface area contributed by atoms with Crippen molar-refractivity contribution >= 4 is 11.9 Å². The second-order valence-corrected chi connectivity index (χ2v) is 6.74. The Hall–Kier alpha value is -3.60. The third-order valence-electron chi connectivity index (χ3n) is 4.33. The van der Waals surface area contributed by atoms with Crippen LogP contribution in [-0.2, 0) is 9.53 Å². The lowest BCUT2D eigenvalue weighted by molar-refractivity contribution is -0.141. The minimum absolute atomic E-state index is 0.265. The molecule has 0 aromatic heterocycles. The highest BCUT2D eigenvalue weighted by molar-refractivity contribution is 5.90. The fourth-order valence-electron chi connectivity index (χ4n) is 2.77. The largest absolute Gasteiger partial charge is 0.479 e. The van der Waals surface area contributed by atoms with Crippen molar-refractivity contribution in [2.45, 2.75) is 26.4 Å². The van der Waals surface area contributed by atoms with Crippen molar-refractivity contribution < 1.29 is 23.8 Å². The maximum Gasteiger partial charge on any atom is 0.352 e. The smallest absolute Gasteiger partial charge is 0.352 e. The molecule has 0 bridgehead atoms. The molecular formula is C25H24O5. The van der Waals surface area contributed by atoms with Gasteiger partial charge in [-0.1, -0.05) is 55.5 Å². The molecule has 0 aliphatic heterocycles. The number of benzene rings is 3. The second kappa shape index (κ2) is 10.3. The van der Waals surface area contributed by atoms with Gasteiger partial charge in [0.05, 0.1) is 12.2 Å². The first-order valence-electron chi connectivity index (χ1n) is 9.88. The molecule has 0 N–H and O–H groups in total. The summed E-state index contributed by atoms with van der Waals surface area (Å²) in [6.45, 7) is 3.88. The molecule has 0 fully saturated rings. The van der Waals surface area contributed by atoms with Gasteiger partial charge in [-0.25, -0.2) is 9.59 Å². The van der Waals surface area contributed by atoms with Crippen molar-refractivity contribution in [1.29, 1.82) is 0 Å². The molecule has 30 heavy (non-hydrogen) atoms. The first-order chi connectivity index (χ1) is 14.6. The van der Waals surface area contributed by atoms with Crippen LogP contribution in [0, 0.1) is 0 Å². The third-order valence-corrected chi connectivity index (χ3v) is 4.33. The number of esters is 2. The van der Waals surface area contributed by atoms with Gasteiger partial charge in [-0.3, -0.25) is 0 Å². The summed E-state index contributed by atoms with van der Waals surface area (Å²) in [7, 11) is 0. The molecule has 0 saturated heterocycles. The van der Waals surface area contributed by atoms with Crippen LogP contribution < -0.4 is 9.47 Å².